The number of nitrogens with zero attached hydrogens (tertiary/aromatic N) is 2. The Bertz CT molecular complexity index is 4590. The molecule has 11 aromatic carbocycles. The van der Waals surface area contributed by atoms with Gasteiger partial charge in [0.05, 0.1) is 27.8 Å². The molecular formula is C66H40N2O2. The van der Waals surface area contributed by atoms with Gasteiger partial charge in [-0.15, -0.1) is 0 Å². The molecule has 0 unspecified atom stereocenters. The average Bonchev–Trinajstić information content (AvgIpc) is 4.18. The van der Waals surface area contributed by atoms with Crippen LogP contribution in [0.2, 0.25) is 0 Å². The molecule has 0 fully saturated rings. The van der Waals surface area contributed by atoms with Gasteiger partial charge in [0.15, 0.2) is 5.58 Å². The number of aromatic nitrogens is 2. The standard InChI is InChI=1S/C66H40N2O2/c1-3-13-41(14-4-1)44-25-31-61-54(36-44)51-20-8-10-23-59(51)68(61)62-24-12-21-52-55-38-46(29-34-65(55)70-66(52)62)42-15-11-16-43(35-42)47-27-32-63-56(39-47)57-40-48(28-33-64(57)69-63)45-26-30-60-53(37-45)50-19-7-9-22-58(50)67(60)49-17-5-2-6-18-49/h1-40H. The van der Waals surface area contributed by atoms with Gasteiger partial charge in [0, 0.05) is 48.8 Å². The van der Waals surface area contributed by atoms with Gasteiger partial charge in [-0.05, 0) is 142 Å². The molecule has 0 amide bonds. The number of para-hydroxylation sites is 4. The molecule has 0 spiro atoms. The molecule has 326 valence electrons. The van der Waals surface area contributed by atoms with Gasteiger partial charge in [0.2, 0.25) is 0 Å². The molecule has 15 aromatic rings. The molecule has 0 saturated heterocycles. The van der Waals surface area contributed by atoms with Crippen molar-refractivity contribution in [1.82, 2.24) is 9.13 Å². The number of furan rings is 2. The fourth-order valence-corrected chi connectivity index (χ4v) is 11.2. The molecule has 0 aliphatic rings. The molecule has 70 heavy (non-hydrogen) atoms. The minimum atomic E-state index is 0.866. The maximum Gasteiger partial charge on any atom is 0.159 e. The van der Waals surface area contributed by atoms with E-state index in [1.165, 1.54) is 49.3 Å². The van der Waals surface area contributed by atoms with Gasteiger partial charge in [-0.1, -0.05) is 146 Å². The molecule has 4 aromatic heterocycles. The average molecular weight is 893 g/mol. The van der Waals surface area contributed by atoms with E-state index in [0.717, 1.165) is 94.1 Å². The van der Waals surface area contributed by atoms with E-state index in [1.54, 1.807) is 0 Å². The molecule has 0 aliphatic heterocycles. The first-order chi connectivity index (χ1) is 34.7. The van der Waals surface area contributed by atoms with Crippen molar-refractivity contribution in [3.8, 4) is 55.9 Å². The summed E-state index contributed by atoms with van der Waals surface area (Å²) in [6.07, 6.45) is 0. The molecule has 0 aliphatic carbocycles. The predicted molar refractivity (Wildman–Crippen MR) is 291 cm³/mol. The summed E-state index contributed by atoms with van der Waals surface area (Å²) >= 11 is 0. The van der Waals surface area contributed by atoms with Crippen LogP contribution in [0.1, 0.15) is 0 Å². The summed E-state index contributed by atoms with van der Waals surface area (Å²) in [5.74, 6) is 0. The third kappa shape index (κ3) is 5.90. The zero-order valence-electron chi connectivity index (χ0n) is 37.8. The largest absolute Gasteiger partial charge is 0.456 e. The summed E-state index contributed by atoms with van der Waals surface area (Å²) < 4.78 is 18.0. The van der Waals surface area contributed by atoms with E-state index in [-0.39, 0.29) is 0 Å². The Balaban J connectivity index is 0.794. The molecule has 0 atom stereocenters. The Morgan fingerprint density at radius 3 is 1.24 bits per heavy atom. The summed E-state index contributed by atoms with van der Waals surface area (Å²) in [5, 5.41) is 9.30. The van der Waals surface area contributed by atoms with Crippen LogP contribution >= 0.6 is 0 Å². The van der Waals surface area contributed by atoms with Crippen molar-refractivity contribution in [2.75, 3.05) is 0 Å². The minimum Gasteiger partial charge on any atom is -0.456 e. The van der Waals surface area contributed by atoms with Crippen LogP contribution in [-0.2, 0) is 0 Å². The highest BCUT2D eigenvalue weighted by atomic mass is 16.3. The van der Waals surface area contributed by atoms with Crippen LogP contribution in [0.3, 0.4) is 0 Å². The van der Waals surface area contributed by atoms with Crippen molar-refractivity contribution < 1.29 is 8.83 Å². The van der Waals surface area contributed by atoms with Gasteiger partial charge >= 0.3 is 0 Å². The lowest BCUT2D eigenvalue weighted by atomic mass is 9.96. The van der Waals surface area contributed by atoms with Crippen LogP contribution in [0.4, 0.5) is 0 Å². The van der Waals surface area contributed by atoms with E-state index in [4.69, 9.17) is 8.83 Å². The molecule has 4 heteroatoms. The van der Waals surface area contributed by atoms with Crippen LogP contribution in [0, 0.1) is 0 Å². The first kappa shape index (κ1) is 38.7. The van der Waals surface area contributed by atoms with Gasteiger partial charge in [-0.2, -0.15) is 0 Å². The van der Waals surface area contributed by atoms with Crippen molar-refractivity contribution in [2.45, 2.75) is 0 Å². The van der Waals surface area contributed by atoms with Gasteiger partial charge in [0.25, 0.3) is 0 Å². The lowest BCUT2D eigenvalue weighted by molar-refractivity contribution is 0.666. The van der Waals surface area contributed by atoms with E-state index in [0.29, 0.717) is 0 Å². The second kappa shape index (κ2) is 15.1. The molecular weight excluding hydrogens is 853 g/mol. The predicted octanol–water partition coefficient (Wildman–Crippen LogP) is 18.3. The Labute approximate surface area is 402 Å². The highest BCUT2D eigenvalue weighted by molar-refractivity contribution is 6.15. The first-order valence-electron chi connectivity index (χ1n) is 23.9. The van der Waals surface area contributed by atoms with E-state index in [2.05, 4.69) is 252 Å². The van der Waals surface area contributed by atoms with Crippen LogP contribution in [0.5, 0.6) is 0 Å². The third-order valence-corrected chi connectivity index (χ3v) is 14.5. The fraction of sp³-hybridized carbons (Fsp3) is 0. The quantitative estimate of drug-likeness (QED) is 0.167. The van der Waals surface area contributed by atoms with Crippen molar-refractivity contribution in [2.24, 2.45) is 0 Å². The summed E-state index contributed by atoms with van der Waals surface area (Å²) in [7, 11) is 0. The number of hydrogen-bond donors (Lipinski definition) is 0. The third-order valence-electron chi connectivity index (χ3n) is 14.5. The monoisotopic (exact) mass is 892 g/mol. The van der Waals surface area contributed by atoms with E-state index >= 15 is 0 Å². The number of rotatable bonds is 6. The summed E-state index contributed by atoms with van der Waals surface area (Å²) in [6.45, 7) is 0. The highest BCUT2D eigenvalue weighted by Gasteiger charge is 2.20. The summed E-state index contributed by atoms with van der Waals surface area (Å²) in [5.41, 5.74) is 19.7. The van der Waals surface area contributed by atoms with Crippen LogP contribution in [0.15, 0.2) is 251 Å². The van der Waals surface area contributed by atoms with Gasteiger partial charge in [-0.25, -0.2) is 0 Å². The van der Waals surface area contributed by atoms with Crippen LogP contribution in [-0.4, -0.2) is 9.13 Å². The number of hydrogen-bond acceptors (Lipinski definition) is 2. The van der Waals surface area contributed by atoms with E-state index < -0.39 is 0 Å². The second-order valence-electron chi connectivity index (χ2n) is 18.4. The minimum absolute atomic E-state index is 0.866. The molecule has 4 heterocycles. The van der Waals surface area contributed by atoms with Crippen LogP contribution in [0.25, 0.3) is 143 Å². The first-order valence-corrected chi connectivity index (χ1v) is 23.9. The zero-order valence-corrected chi connectivity index (χ0v) is 37.8. The normalized spacial score (nSPS) is 12.0. The maximum atomic E-state index is 6.81. The molecule has 0 saturated carbocycles. The SMILES string of the molecule is c1ccc(-c2ccc3c(c2)c2ccccc2n3-c2cccc3c2oc2ccc(-c4cccc(-c5ccc6oc7ccc(-c8ccc9c(c8)c8ccccc8n9-c8ccccc8)cc7c6c5)c4)cc23)cc1. The van der Waals surface area contributed by atoms with Crippen molar-refractivity contribution in [1.29, 1.82) is 0 Å². The Morgan fingerprint density at radius 1 is 0.229 bits per heavy atom. The second-order valence-corrected chi connectivity index (χ2v) is 18.4. The van der Waals surface area contributed by atoms with Crippen molar-refractivity contribution in [3.63, 3.8) is 0 Å². The topological polar surface area (TPSA) is 36.1 Å². The molecule has 0 N–H and O–H groups in total. The molecule has 0 radical (unpaired) electrons. The van der Waals surface area contributed by atoms with Gasteiger partial charge < -0.3 is 18.0 Å². The smallest absolute Gasteiger partial charge is 0.159 e. The fourth-order valence-electron chi connectivity index (χ4n) is 11.2. The Hall–Kier alpha value is -9.38. The van der Waals surface area contributed by atoms with Gasteiger partial charge in [0.1, 0.15) is 16.7 Å². The number of fused-ring (bicyclic) bond motifs is 12. The maximum absolute atomic E-state index is 6.81. The lowest BCUT2D eigenvalue weighted by Crippen LogP contribution is -1.94. The van der Waals surface area contributed by atoms with E-state index in [9.17, 15) is 0 Å². The van der Waals surface area contributed by atoms with E-state index in [1.807, 2.05) is 0 Å². The lowest BCUT2D eigenvalue weighted by Gasteiger charge is -2.09. The van der Waals surface area contributed by atoms with Crippen molar-refractivity contribution >= 4 is 87.5 Å². The molecule has 0 bridgehead atoms. The van der Waals surface area contributed by atoms with Crippen LogP contribution < -0.4 is 0 Å². The molecule has 4 nitrogen and oxygen atoms in total. The Morgan fingerprint density at radius 2 is 0.629 bits per heavy atom. The Kier molecular flexibility index (Phi) is 8.33. The zero-order chi connectivity index (χ0) is 45.9. The van der Waals surface area contributed by atoms with Gasteiger partial charge in [-0.3, -0.25) is 0 Å². The summed E-state index contributed by atoms with van der Waals surface area (Å²) in [4.78, 5) is 0. The molecule has 15 rings (SSSR count). The summed E-state index contributed by atoms with van der Waals surface area (Å²) in [6, 6.07) is 87.4. The van der Waals surface area contributed by atoms with Crippen molar-refractivity contribution in [3.05, 3.63) is 243 Å². The number of benzene rings is 11. The highest BCUT2D eigenvalue weighted by Crippen LogP contribution is 2.42.